The first-order chi connectivity index (χ1) is 9.17. The molecule has 1 aromatic rings. The summed E-state index contributed by atoms with van der Waals surface area (Å²) in [4.78, 5) is 11.7. The van der Waals surface area contributed by atoms with E-state index < -0.39 is 11.7 Å². The average molecular weight is 340 g/mol. The van der Waals surface area contributed by atoms with Crippen LogP contribution in [0.15, 0.2) is 34.8 Å². The van der Waals surface area contributed by atoms with Crippen molar-refractivity contribution < 1.29 is 9.53 Å². The Labute approximate surface area is 129 Å². The molecule has 0 aromatic heterocycles. The minimum atomic E-state index is -0.478. The molecule has 0 bridgehead atoms. The van der Waals surface area contributed by atoms with Crippen LogP contribution in [0, 0.1) is 0 Å². The maximum atomic E-state index is 11.7. The van der Waals surface area contributed by atoms with Gasteiger partial charge in [0.1, 0.15) is 5.60 Å². The van der Waals surface area contributed by atoms with Crippen LogP contribution < -0.4 is 5.32 Å². The number of halogens is 1. The van der Waals surface area contributed by atoms with Gasteiger partial charge in [-0.1, -0.05) is 34.1 Å². The fourth-order valence-corrected chi connectivity index (χ4v) is 1.98. The van der Waals surface area contributed by atoms with Gasteiger partial charge in [-0.25, -0.2) is 4.79 Å². The number of hydrogen-bond acceptors (Lipinski definition) is 2. The molecule has 1 aromatic carbocycles. The van der Waals surface area contributed by atoms with Gasteiger partial charge in [0, 0.05) is 10.5 Å². The van der Waals surface area contributed by atoms with Crippen LogP contribution in [0.1, 0.15) is 40.2 Å². The number of amides is 1. The number of ether oxygens (including phenoxy) is 1. The highest BCUT2D eigenvalue weighted by Gasteiger charge is 2.16. The number of alkyl carbamates (subject to hydrolysis) is 1. The Hall–Kier alpha value is -1.29. The van der Waals surface area contributed by atoms with Crippen molar-refractivity contribution in [3.05, 3.63) is 40.4 Å². The highest BCUT2D eigenvalue weighted by Crippen LogP contribution is 2.18. The monoisotopic (exact) mass is 339 g/mol. The predicted molar refractivity (Wildman–Crippen MR) is 86.6 cm³/mol. The van der Waals surface area contributed by atoms with E-state index in [1.54, 1.807) is 0 Å². The SMILES string of the molecule is C/C(=C\[C@@H](C)NC(=O)OC(C)(C)C)c1ccc(Br)cc1. The van der Waals surface area contributed by atoms with Crippen molar-refractivity contribution in [1.82, 2.24) is 5.32 Å². The highest BCUT2D eigenvalue weighted by molar-refractivity contribution is 9.10. The number of allylic oxidation sites excluding steroid dienone is 1. The second kappa shape index (κ2) is 6.93. The Morgan fingerprint density at radius 2 is 1.85 bits per heavy atom. The molecule has 0 radical (unpaired) electrons. The minimum absolute atomic E-state index is 0.0894. The van der Waals surface area contributed by atoms with Crippen LogP contribution in [0.4, 0.5) is 4.79 Å². The first-order valence-corrected chi connectivity index (χ1v) is 7.40. The Bertz CT molecular complexity index is 486. The molecule has 0 aliphatic carbocycles. The first kappa shape index (κ1) is 16.8. The lowest BCUT2D eigenvalue weighted by atomic mass is 10.1. The summed E-state index contributed by atoms with van der Waals surface area (Å²) in [5.74, 6) is 0. The van der Waals surface area contributed by atoms with Crippen LogP contribution in [-0.2, 0) is 4.74 Å². The summed E-state index contributed by atoms with van der Waals surface area (Å²) in [5.41, 5.74) is 1.76. The molecule has 1 rings (SSSR count). The van der Waals surface area contributed by atoms with E-state index in [9.17, 15) is 4.79 Å². The van der Waals surface area contributed by atoms with Gasteiger partial charge in [0.15, 0.2) is 0 Å². The zero-order valence-corrected chi connectivity index (χ0v) is 14.2. The van der Waals surface area contributed by atoms with E-state index in [-0.39, 0.29) is 6.04 Å². The summed E-state index contributed by atoms with van der Waals surface area (Å²) in [6, 6.07) is 7.98. The fraction of sp³-hybridized carbons (Fsp3) is 0.438. The molecule has 0 fully saturated rings. The number of rotatable bonds is 3. The van der Waals surface area contributed by atoms with Crippen LogP contribution in [-0.4, -0.2) is 17.7 Å². The average Bonchev–Trinajstić information content (AvgIpc) is 2.26. The number of benzene rings is 1. The van der Waals surface area contributed by atoms with E-state index in [0.717, 1.165) is 15.6 Å². The van der Waals surface area contributed by atoms with Gasteiger partial charge in [-0.2, -0.15) is 0 Å². The third kappa shape index (κ3) is 6.24. The lowest BCUT2D eigenvalue weighted by molar-refractivity contribution is 0.0518. The summed E-state index contributed by atoms with van der Waals surface area (Å²) in [5, 5.41) is 2.80. The Balaban J connectivity index is 2.64. The lowest BCUT2D eigenvalue weighted by Gasteiger charge is -2.21. The van der Waals surface area contributed by atoms with Crippen molar-refractivity contribution in [3.8, 4) is 0 Å². The molecule has 1 amide bonds. The van der Waals surface area contributed by atoms with Crippen molar-refractivity contribution in [1.29, 1.82) is 0 Å². The van der Waals surface area contributed by atoms with Gasteiger partial charge in [0.05, 0.1) is 0 Å². The van der Waals surface area contributed by atoms with Crippen LogP contribution >= 0.6 is 15.9 Å². The number of hydrogen-bond donors (Lipinski definition) is 1. The van der Waals surface area contributed by atoms with Crippen molar-refractivity contribution in [3.63, 3.8) is 0 Å². The van der Waals surface area contributed by atoms with E-state index >= 15 is 0 Å². The van der Waals surface area contributed by atoms with E-state index in [2.05, 4.69) is 21.2 Å². The molecule has 0 aliphatic rings. The van der Waals surface area contributed by atoms with Gasteiger partial charge in [0.25, 0.3) is 0 Å². The molecule has 0 spiro atoms. The van der Waals surface area contributed by atoms with Gasteiger partial charge in [0.2, 0.25) is 0 Å². The van der Waals surface area contributed by atoms with E-state index in [1.165, 1.54) is 0 Å². The minimum Gasteiger partial charge on any atom is -0.444 e. The smallest absolute Gasteiger partial charge is 0.408 e. The normalized spacial score (nSPS) is 13.8. The van der Waals surface area contributed by atoms with Crippen molar-refractivity contribution in [2.45, 2.75) is 46.3 Å². The molecule has 1 N–H and O–H groups in total. The summed E-state index contributed by atoms with van der Waals surface area (Å²) in [6.45, 7) is 9.49. The molecule has 1 atom stereocenters. The van der Waals surface area contributed by atoms with Gasteiger partial charge in [-0.15, -0.1) is 0 Å². The molecule has 0 aliphatic heterocycles. The first-order valence-electron chi connectivity index (χ1n) is 6.61. The fourth-order valence-electron chi connectivity index (χ4n) is 1.72. The molecular formula is C16H22BrNO2. The largest absolute Gasteiger partial charge is 0.444 e. The van der Waals surface area contributed by atoms with E-state index in [4.69, 9.17) is 4.74 Å². The maximum Gasteiger partial charge on any atom is 0.408 e. The summed E-state index contributed by atoms with van der Waals surface area (Å²) >= 11 is 3.41. The van der Waals surface area contributed by atoms with Crippen LogP contribution in [0.2, 0.25) is 0 Å². The zero-order valence-electron chi connectivity index (χ0n) is 12.7. The van der Waals surface area contributed by atoms with Gasteiger partial charge >= 0.3 is 6.09 Å². The standard InChI is InChI=1S/C16H22BrNO2/c1-11(13-6-8-14(17)9-7-13)10-12(2)18-15(19)20-16(3,4)5/h6-10,12H,1-5H3,(H,18,19)/b11-10+/t12-/m1/s1. The maximum absolute atomic E-state index is 11.7. The molecule has 0 heterocycles. The second-order valence-electron chi connectivity index (χ2n) is 5.79. The highest BCUT2D eigenvalue weighted by atomic mass is 79.9. The molecule has 3 nitrogen and oxygen atoms in total. The van der Waals surface area contributed by atoms with Crippen molar-refractivity contribution in [2.24, 2.45) is 0 Å². The number of nitrogens with one attached hydrogen (secondary N) is 1. The number of carbonyl (C=O) groups excluding carboxylic acids is 1. The van der Waals surface area contributed by atoms with Crippen LogP contribution in [0.25, 0.3) is 5.57 Å². The lowest BCUT2D eigenvalue weighted by Crippen LogP contribution is -2.36. The van der Waals surface area contributed by atoms with E-state index in [0.29, 0.717) is 0 Å². The summed E-state index contributed by atoms with van der Waals surface area (Å²) < 4.78 is 6.28. The second-order valence-corrected chi connectivity index (χ2v) is 6.71. The van der Waals surface area contributed by atoms with Gasteiger partial charge in [-0.3, -0.25) is 0 Å². The Kier molecular flexibility index (Phi) is 5.81. The molecule has 0 saturated heterocycles. The van der Waals surface area contributed by atoms with Crippen molar-refractivity contribution in [2.75, 3.05) is 0 Å². The molecular weight excluding hydrogens is 318 g/mol. The van der Waals surface area contributed by atoms with Crippen LogP contribution in [0.3, 0.4) is 0 Å². The summed E-state index contributed by atoms with van der Waals surface area (Å²) in [6.07, 6.45) is 1.61. The quantitative estimate of drug-likeness (QED) is 0.861. The van der Waals surface area contributed by atoms with E-state index in [1.807, 2.05) is 65.0 Å². The molecule has 20 heavy (non-hydrogen) atoms. The molecule has 4 heteroatoms. The zero-order chi connectivity index (χ0) is 15.3. The Morgan fingerprint density at radius 1 is 1.30 bits per heavy atom. The predicted octanol–water partition coefficient (Wildman–Crippen LogP) is 4.77. The van der Waals surface area contributed by atoms with Gasteiger partial charge < -0.3 is 10.1 Å². The molecule has 0 saturated carbocycles. The van der Waals surface area contributed by atoms with Crippen LogP contribution in [0.5, 0.6) is 0 Å². The van der Waals surface area contributed by atoms with Crippen molar-refractivity contribution >= 4 is 27.6 Å². The summed E-state index contributed by atoms with van der Waals surface area (Å²) in [7, 11) is 0. The molecule has 0 unspecified atom stereocenters. The molecule has 110 valence electrons. The topological polar surface area (TPSA) is 38.3 Å². The Morgan fingerprint density at radius 3 is 2.35 bits per heavy atom. The number of carbonyl (C=O) groups is 1. The third-order valence-corrected chi connectivity index (χ3v) is 3.07. The van der Waals surface area contributed by atoms with Gasteiger partial charge in [-0.05, 0) is 57.9 Å². The third-order valence-electron chi connectivity index (χ3n) is 2.54.